The number of hydrogen-bond acceptors (Lipinski definition) is 5. The average Bonchev–Trinajstić information content (AvgIpc) is 2.63. The summed E-state index contributed by atoms with van der Waals surface area (Å²) in [6.07, 6.45) is 2.11. The Kier molecular flexibility index (Phi) is 6.53. The Morgan fingerprint density at radius 2 is 1.92 bits per heavy atom. The van der Waals surface area contributed by atoms with Crippen LogP contribution in [-0.4, -0.2) is 85.9 Å². The molecule has 2 unspecified atom stereocenters. The SMILES string of the molecule is CN1CCN(CCC2CN(Cc3ccc(F)cc3)C(C=O)CN2)CC1. The van der Waals surface area contributed by atoms with Gasteiger partial charge in [-0.3, -0.25) is 4.90 Å². The first-order chi connectivity index (χ1) is 12.1. The van der Waals surface area contributed by atoms with E-state index in [4.69, 9.17) is 0 Å². The maximum Gasteiger partial charge on any atom is 0.138 e. The molecular weight excluding hydrogens is 319 g/mol. The predicted octanol–water partition coefficient (Wildman–Crippen LogP) is 0.805. The second-order valence-electron chi connectivity index (χ2n) is 7.30. The average molecular weight is 348 g/mol. The van der Waals surface area contributed by atoms with Gasteiger partial charge in [-0.05, 0) is 37.7 Å². The molecule has 1 aromatic carbocycles. The van der Waals surface area contributed by atoms with Crippen molar-refractivity contribution < 1.29 is 9.18 Å². The predicted molar refractivity (Wildman–Crippen MR) is 97.0 cm³/mol. The molecule has 2 atom stereocenters. The largest absolute Gasteiger partial charge is 0.311 e. The van der Waals surface area contributed by atoms with E-state index in [1.807, 2.05) is 0 Å². The van der Waals surface area contributed by atoms with Crippen LogP contribution in [0.1, 0.15) is 12.0 Å². The van der Waals surface area contributed by atoms with Gasteiger partial charge < -0.3 is 19.9 Å². The molecule has 0 aliphatic carbocycles. The highest BCUT2D eigenvalue weighted by Crippen LogP contribution is 2.14. The summed E-state index contributed by atoms with van der Waals surface area (Å²) in [6.45, 7) is 7.90. The third kappa shape index (κ3) is 5.31. The van der Waals surface area contributed by atoms with E-state index in [2.05, 4.69) is 27.1 Å². The van der Waals surface area contributed by atoms with Crippen molar-refractivity contribution in [2.24, 2.45) is 0 Å². The van der Waals surface area contributed by atoms with E-state index in [0.717, 1.165) is 57.5 Å². The van der Waals surface area contributed by atoms with E-state index in [1.165, 1.54) is 12.1 Å². The number of rotatable bonds is 6. The Morgan fingerprint density at radius 1 is 1.20 bits per heavy atom. The van der Waals surface area contributed by atoms with Crippen LogP contribution in [0.25, 0.3) is 0 Å². The van der Waals surface area contributed by atoms with Gasteiger partial charge in [0.15, 0.2) is 0 Å². The van der Waals surface area contributed by atoms with Gasteiger partial charge in [-0.1, -0.05) is 12.1 Å². The zero-order valence-electron chi connectivity index (χ0n) is 15.0. The van der Waals surface area contributed by atoms with Crippen molar-refractivity contribution in [3.05, 3.63) is 35.6 Å². The molecule has 2 fully saturated rings. The zero-order chi connectivity index (χ0) is 17.6. The third-order valence-corrected chi connectivity index (χ3v) is 5.39. The van der Waals surface area contributed by atoms with E-state index >= 15 is 0 Å². The molecule has 2 aliphatic heterocycles. The van der Waals surface area contributed by atoms with Crippen molar-refractivity contribution in [1.29, 1.82) is 0 Å². The standard InChI is InChI=1S/C19H29FN4O/c1-22-8-10-23(11-9-22)7-6-18-14-24(19(15-25)12-21-18)13-16-2-4-17(20)5-3-16/h2-5,15,18-19,21H,6-14H2,1H3. The highest BCUT2D eigenvalue weighted by molar-refractivity contribution is 5.58. The molecule has 0 spiro atoms. The normalized spacial score (nSPS) is 26.6. The molecule has 25 heavy (non-hydrogen) atoms. The minimum atomic E-state index is -0.221. The van der Waals surface area contributed by atoms with Crippen LogP contribution >= 0.6 is 0 Å². The molecular formula is C19H29FN4O. The fourth-order valence-electron chi connectivity index (χ4n) is 3.64. The van der Waals surface area contributed by atoms with Gasteiger partial charge in [0.1, 0.15) is 12.1 Å². The lowest BCUT2D eigenvalue weighted by atomic mass is 10.0. The van der Waals surface area contributed by atoms with Crippen molar-refractivity contribution in [3.63, 3.8) is 0 Å². The van der Waals surface area contributed by atoms with Gasteiger partial charge in [-0.25, -0.2) is 4.39 Å². The second-order valence-corrected chi connectivity index (χ2v) is 7.30. The minimum absolute atomic E-state index is 0.107. The maximum atomic E-state index is 13.1. The quantitative estimate of drug-likeness (QED) is 0.770. The van der Waals surface area contributed by atoms with Gasteiger partial charge in [0.2, 0.25) is 0 Å². The van der Waals surface area contributed by atoms with E-state index in [1.54, 1.807) is 12.1 Å². The van der Waals surface area contributed by atoms with Crippen LogP contribution in [0, 0.1) is 5.82 Å². The smallest absolute Gasteiger partial charge is 0.138 e. The molecule has 138 valence electrons. The van der Waals surface area contributed by atoms with Crippen molar-refractivity contribution in [3.8, 4) is 0 Å². The number of nitrogens with zero attached hydrogens (tertiary/aromatic N) is 3. The van der Waals surface area contributed by atoms with Crippen LogP contribution < -0.4 is 5.32 Å². The molecule has 1 aromatic rings. The minimum Gasteiger partial charge on any atom is -0.311 e. The van der Waals surface area contributed by atoms with E-state index < -0.39 is 0 Å². The van der Waals surface area contributed by atoms with Gasteiger partial charge in [0.25, 0.3) is 0 Å². The molecule has 0 bridgehead atoms. The van der Waals surface area contributed by atoms with Crippen molar-refractivity contribution in [2.75, 3.05) is 52.9 Å². The Labute approximate surface area is 149 Å². The summed E-state index contributed by atoms with van der Waals surface area (Å²) >= 11 is 0. The lowest BCUT2D eigenvalue weighted by Crippen LogP contribution is -2.57. The molecule has 2 aliphatic rings. The van der Waals surface area contributed by atoms with Crippen LogP contribution in [0.2, 0.25) is 0 Å². The monoisotopic (exact) mass is 348 g/mol. The van der Waals surface area contributed by atoms with Gasteiger partial charge >= 0.3 is 0 Å². The van der Waals surface area contributed by atoms with Crippen LogP contribution in [0.5, 0.6) is 0 Å². The van der Waals surface area contributed by atoms with Crippen LogP contribution in [-0.2, 0) is 11.3 Å². The molecule has 0 aromatic heterocycles. The molecule has 6 heteroatoms. The Morgan fingerprint density at radius 3 is 2.60 bits per heavy atom. The fourth-order valence-corrected chi connectivity index (χ4v) is 3.64. The second kappa shape index (κ2) is 8.85. The van der Waals surface area contributed by atoms with E-state index in [-0.39, 0.29) is 11.9 Å². The van der Waals surface area contributed by atoms with E-state index in [0.29, 0.717) is 19.1 Å². The summed E-state index contributed by atoms with van der Waals surface area (Å²) in [5.41, 5.74) is 1.05. The number of hydrogen-bond donors (Lipinski definition) is 1. The topological polar surface area (TPSA) is 38.8 Å². The van der Waals surface area contributed by atoms with Crippen LogP contribution in [0.15, 0.2) is 24.3 Å². The van der Waals surface area contributed by atoms with E-state index in [9.17, 15) is 9.18 Å². The lowest BCUT2D eigenvalue weighted by molar-refractivity contribution is -0.113. The van der Waals surface area contributed by atoms with Crippen molar-refractivity contribution in [2.45, 2.75) is 25.0 Å². The van der Waals surface area contributed by atoms with Crippen LogP contribution in [0.3, 0.4) is 0 Å². The first kappa shape index (κ1) is 18.5. The highest BCUT2D eigenvalue weighted by Gasteiger charge is 2.28. The van der Waals surface area contributed by atoms with Crippen molar-refractivity contribution in [1.82, 2.24) is 20.0 Å². The number of carbonyl (C=O) groups excluding carboxylic acids is 1. The number of benzene rings is 1. The molecule has 0 saturated carbocycles. The number of piperazine rings is 2. The fraction of sp³-hybridized carbons (Fsp3) is 0.632. The summed E-state index contributed by atoms with van der Waals surface area (Å²) < 4.78 is 13.1. The first-order valence-corrected chi connectivity index (χ1v) is 9.22. The molecule has 2 saturated heterocycles. The summed E-state index contributed by atoms with van der Waals surface area (Å²) in [5.74, 6) is -0.221. The van der Waals surface area contributed by atoms with Crippen LogP contribution in [0.4, 0.5) is 4.39 Å². The summed E-state index contributed by atoms with van der Waals surface area (Å²) in [5, 5.41) is 3.52. The van der Waals surface area contributed by atoms with Gasteiger partial charge in [0, 0.05) is 51.9 Å². The third-order valence-electron chi connectivity index (χ3n) is 5.39. The zero-order valence-corrected chi connectivity index (χ0v) is 15.0. The number of halogens is 1. The number of nitrogens with one attached hydrogen (secondary N) is 1. The highest BCUT2D eigenvalue weighted by atomic mass is 19.1. The van der Waals surface area contributed by atoms with Crippen molar-refractivity contribution >= 4 is 6.29 Å². The molecule has 0 amide bonds. The van der Waals surface area contributed by atoms with Gasteiger partial charge in [-0.15, -0.1) is 0 Å². The summed E-state index contributed by atoms with van der Waals surface area (Å²) in [7, 11) is 2.17. The maximum absolute atomic E-state index is 13.1. The van der Waals surface area contributed by atoms with Gasteiger partial charge in [0.05, 0.1) is 6.04 Å². The van der Waals surface area contributed by atoms with Gasteiger partial charge in [-0.2, -0.15) is 0 Å². The Hall–Kier alpha value is -1.34. The molecule has 2 heterocycles. The Balaban J connectivity index is 1.51. The molecule has 5 nitrogen and oxygen atoms in total. The number of likely N-dealkylation sites (N-methyl/N-ethyl adjacent to an activating group) is 1. The lowest BCUT2D eigenvalue weighted by Gasteiger charge is -2.39. The number of carbonyl (C=O) groups is 1. The Bertz CT molecular complexity index is 545. The molecule has 3 rings (SSSR count). The first-order valence-electron chi connectivity index (χ1n) is 9.22. The summed E-state index contributed by atoms with van der Waals surface area (Å²) in [4.78, 5) is 18.5. The molecule has 1 N–H and O–H groups in total. The number of aldehydes is 1. The summed E-state index contributed by atoms with van der Waals surface area (Å²) in [6, 6.07) is 6.87. The molecule has 0 radical (unpaired) electrons.